The molecule has 2 heterocycles. The van der Waals surface area contributed by atoms with Crippen LogP contribution in [-0.2, 0) is 28.1 Å². The van der Waals surface area contributed by atoms with E-state index in [9.17, 15) is 13.2 Å². The molecule has 1 atom stereocenters. The molecule has 134 valence electrons. The molecule has 0 spiro atoms. The van der Waals surface area contributed by atoms with Crippen molar-refractivity contribution in [2.75, 3.05) is 17.3 Å². The van der Waals surface area contributed by atoms with Crippen LogP contribution in [0.25, 0.3) is 0 Å². The van der Waals surface area contributed by atoms with Gasteiger partial charge in [-0.15, -0.1) is 10.2 Å². The highest BCUT2D eigenvalue weighted by atomic mass is 32.2. The van der Waals surface area contributed by atoms with Crippen LogP contribution in [0.3, 0.4) is 0 Å². The van der Waals surface area contributed by atoms with Gasteiger partial charge < -0.3 is 9.88 Å². The molecule has 0 radical (unpaired) electrons. The molecule has 3 rings (SSSR count). The highest BCUT2D eigenvalue weighted by molar-refractivity contribution is 7.99. The SMILES string of the molecule is Cn1c(C[C@H]2CCS(=O)(=O)C2)nnc1SCC(=O)NC1CCCC1. The number of thioether (sulfide) groups is 1. The Kier molecular flexibility index (Phi) is 5.49. The van der Waals surface area contributed by atoms with E-state index in [-0.39, 0.29) is 23.3 Å². The Morgan fingerprint density at radius 3 is 2.71 bits per heavy atom. The maximum atomic E-state index is 12.0. The number of amides is 1. The molecule has 24 heavy (non-hydrogen) atoms. The summed E-state index contributed by atoms with van der Waals surface area (Å²) in [6, 6.07) is 0.331. The van der Waals surface area contributed by atoms with E-state index in [4.69, 9.17) is 0 Å². The highest BCUT2D eigenvalue weighted by Crippen LogP contribution is 2.24. The van der Waals surface area contributed by atoms with Gasteiger partial charge in [0.2, 0.25) is 5.91 Å². The number of hydrogen-bond acceptors (Lipinski definition) is 6. The predicted octanol–water partition coefficient (Wildman–Crippen LogP) is 0.943. The van der Waals surface area contributed by atoms with Crippen molar-refractivity contribution in [3.8, 4) is 0 Å². The van der Waals surface area contributed by atoms with Gasteiger partial charge in [0.1, 0.15) is 5.82 Å². The van der Waals surface area contributed by atoms with E-state index in [2.05, 4.69) is 15.5 Å². The van der Waals surface area contributed by atoms with E-state index in [1.807, 2.05) is 11.6 Å². The number of aromatic nitrogens is 3. The molecule has 0 aromatic carbocycles. The van der Waals surface area contributed by atoms with Gasteiger partial charge in [0.05, 0.1) is 17.3 Å². The average molecular weight is 373 g/mol. The molecule has 1 amide bonds. The molecule has 1 N–H and O–H groups in total. The summed E-state index contributed by atoms with van der Waals surface area (Å²) in [5, 5.41) is 12.1. The molecule has 7 nitrogen and oxygen atoms in total. The van der Waals surface area contributed by atoms with E-state index in [0.717, 1.165) is 18.7 Å². The largest absolute Gasteiger partial charge is 0.353 e. The summed E-state index contributed by atoms with van der Waals surface area (Å²) < 4.78 is 25.0. The molecule has 1 aliphatic heterocycles. The van der Waals surface area contributed by atoms with Crippen LogP contribution in [0.2, 0.25) is 0 Å². The molecule has 1 aromatic rings. The zero-order chi connectivity index (χ0) is 17.2. The number of carbonyl (C=O) groups is 1. The molecule has 9 heteroatoms. The van der Waals surface area contributed by atoms with E-state index in [1.54, 1.807) is 0 Å². The normalized spacial score (nSPS) is 23.6. The number of carbonyl (C=O) groups excluding carboxylic acids is 1. The number of nitrogens with one attached hydrogen (secondary N) is 1. The fraction of sp³-hybridized carbons (Fsp3) is 0.800. The molecule has 1 saturated heterocycles. The maximum absolute atomic E-state index is 12.0. The molecule has 1 saturated carbocycles. The highest BCUT2D eigenvalue weighted by Gasteiger charge is 2.29. The van der Waals surface area contributed by atoms with Crippen LogP contribution in [0.5, 0.6) is 0 Å². The van der Waals surface area contributed by atoms with Crippen molar-refractivity contribution in [3.63, 3.8) is 0 Å². The van der Waals surface area contributed by atoms with Crippen LogP contribution in [0.1, 0.15) is 37.9 Å². The molecule has 2 aliphatic rings. The molecule has 0 bridgehead atoms. The topological polar surface area (TPSA) is 93.9 Å². The third-order valence-corrected chi connectivity index (χ3v) is 7.63. The maximum Gasteiger partial charge on any atom is 0.230 e. The third kappa shape index (κ3) is 4.50. The van der Waals surface area contributed by atoms with Crippen LogP contribution in [0.4, 0.5) is 0 Å². The lowest BCUT2D eigenvalue weighted by Gasteiger charge is -2.11. The number of rotatable bonds is 6. The first-order chi connectivity index (χ1) is 11.4. The van der Waals surface area contributed by atoms with Crippen LogP contribution in [0.15, 0.2) is 5.16 Å². The van der Waals surface area contributed by atoms with Gasteiger partial charge in [-0.2, -0.15) is 0 Å². The van der Waals surface area contributed by atoms with E-state index in [0.29, 0.717) is 29.8 Å². The Bertz CT molecular complexity index is 696. The summed E-state index contributed by atoms with van der Waals surface area (Å²) in [6.07, 6.45) is 5.87. The first kappa shape index (κ1) is 17.7. The summed E-state index contributed by atoms with van der Waals surface area (Å²) >= 11 is 1.38. The second kappa shape index (κ2) is 7.43. The molecule has 1 aliphatic carbocycles. The quantitative estimate of drug-likeness (QED) is 0.747. The van der Waals surface area contributed by atoms with Gasteiger partial charge in [-0.05, 0) is 25.2 Å². The Labute approximate surface area is 146 Å². The Morgan fingerprint density at radius 1 is 1.29 bits per heavy atom. The van der Waals surface area contributed by atoms with Gasteiger partial charge in [0.15, 0.2) is 15.0 Å². The number of sulfone groups is 1. The van der Waals surface area contributed by atoms with Crippen molar-refractivity contribution in [1.29, 1.82) is 0 Å². The standard InChI is InChI=1S/C15H24N4O3S2/c1-19-13(8-11-6-7-24(21,22)10-11)17-18-15(19)23-9-14(20)16-12-4-2-3-5-12/h11-12H,2-10H2,1H3,(H,16,20)/t11-/m1/s1. The molecular weight excluding hydrogens is 348 g/mol. The Hall–Kier alpha value is -1.09. The summed E-state index contributed by atoms with van der Waals surface area (Å²) in [7, 11) is -0.999. The average Bonchev–Trinajstić information content (AvgIpc) is 3.21. The Morgan fingerprint density at radius 2 is 2.04 bits per heavy atom. The van der Waals surface area contributed by atoms with Crippen molar-refractivity contribution < 1.29 is 13.2 Å². The third-order valence-electron chi connectivity index (χ3n) is 4.78. The van der Waals surface area contributed by atoms with Crippen LogP contribution in [-0.4, -0.2) is 52.4 Å². The van der Waals surface area contributed by atoms with Crippen molar-refractivity contribution in [2.24, 2.45) is 13.0 Å². The lowest BCUT2D eigenvalue weighted by atomic mass is 10.1. The molecular formula is C15H24N4O3S2. The lowest BCUT2D eigenvalue weighted by Crippen LogP contribution is -2.33. The minimum atomic E-state index is -2.87. The first-order valence-corrected chi connectivity index (χ1v) is 11.2. The van der Waals surface area contributed by atoms with Crippen molar-refractivity contribution >= 4 is 27.5 Å². The molecule has 1 aromatic heterocycles. The smallest absolute Gasteiger partial charge is 0.230 e. The minimum absolute atomic E-state index is 0.0401. The first-order valence-electron chi connectivity index (χ1n) is 8.44. The number of hydrogen-bond donors (Lipinski definition) is 1. The second-order valence-electron chi connectivity index (χ2n) is 6.77. The van der Waals surface area contributed by atoms with Gasteiger partial charge in [0, 0.05) is 19.5 Å². The number of nitrogens with zero attached hydrogens (tertiary/aromatic N) is 3. The second-order valence-corrected chi connectivity index (χ2v) is 9.94. The lowest BCUT2D eigenvalue weighted by molar-refractivity contribution is -0.119. The van der Waals surface area contributed by atoms with Crippen molar-refractivity contribution in [3.05, 3.63) is 5.82 Å². The summed E-state index contributed by atoms with van der Waals surface area (Å²) in [4.78, 5) is 12.0. The monoisotopic (exact) mass is 372 g/mol. The van der Waals surface area contributed by atoms with Crippen LogP contribution in [0, 0.1) is 5.92 Å². The van der Waals surface area contributed by atoms with Crippen molar-refractivity contribution in [2.45, 2.75) is 49.7 Å². The Balaban J connectivity index is 1.50. The molecule has 0 unspecified atom stereocenters. The summed E-state index contributed by atoms with van der Waals surface area (Å²) in [5.74, 6) is 1.81. The van der Waals surface area contributed by atoms with E-state index in [1.165, 1.54) is 24.6 Å². The van der Waals surface area contributed by atoms with Crippen LogP contribution >= 0.6 is 11.8 Å². The zero-order valence-corrected chi connectivity index (χ0v) is 15.5. The predicted molar refractivity (Wildman–Crippen MR) is 92.6 cm³/mol. The fourth-order valence-corrected chi connectivity index (χ4v) is 6.01. The fourth-order valence-electron chi connectivity index (χ4n) is 3.41. The zero-order valence-electron chi connectivity index (χ0n) is 13.9. The minimum Gasteiger partial charge on any atom is -0.353 e. The summed E-state index contributed by atoms with van der Waals surface area (Å²) in [5.41, 5.74) is 0. The van der Waals surface area contributed by atoms with E-state index < -0.39 is 9.84 Å². The summed E-state index contributed by atoms with van der Waals surface area (Å²) in [6.45, 7) is 0. The van der Waals surface area contributed by atoms with Gasteiger partial charge >= 0.3 is 0 Å². The van der Waals surface area contributed by atoms with Crippen LogP contribution < -0.4 is 5.32 Å². The van der Waals surface area contributed by atoms with E-state index >= 15 is 0 Å². The van der Waals surface area contributed by atoms with Gasteiger partial charge in [0.25, 0.3) is 0 Å². The molecule has 2 fully saturated rings. The van der Waals surface area contributed by atoms with Gasteiger partial charge in [-0.25, -0.2) is 8.42 Å². The van der Waals surface area contributed by atoms with Gasteiger partial charge in [-0.3, -0.25) is 4.79 Å². The van der Waals surface area contributed by atoms with Gasteiger partial charge in [-0.1, -0.05) is 24.6 Å². The van der Waals surface area contributed by atoms with Crippen molar-refractivity contribution in [1.82, 2.24) is 20.1 Å².